The second-order valence-electron chi connectivity index (χ2n) is 2.16. The summed E-state index contributed by atoms with van der Waals surface area (Å²) in [7, 11) is 0. The fraction of sp³-hybridized carbons (Fsp3) is 0.333. The highest BCUT2D eigenvalue weighted by Crippen LogP contribution is 1.80. The van der Waals surface area contributed by atoms with Gasteiger partial charge in [-0.05, 0) is 19.1 Å². The van der Waals surface area contributed by atoms with Crippen LogP contribution in [-0.4, -0.2) is 32.7 Å². The zero-order chi connectivity index (χ0) is 10.4. The van der Waals surface area contributed by atoms with Crippen molar-refractivity contribution >= 4 is 23.4 Å². The lowest BCUT2D eigenvalue weighted by Crippen LogP contribution is -2.37. The summed E-state index contributed by atoms with van der Waals surface area (Å²) >= 11 is 4.79. The fourth-order valence-electron chi connectivity index (χ4n) is 0.664. The molecular weight excluding hydrogens is 206 g/mol. The Morgan fingerprint density at radius 1 is 1.57 bits per heavy atom. The Kier molecular flexibility index (Phi) is 3.80. The molecule has 1 heterocycles. The van der Waals surface area contributed by atoms with E-state index >= 15 is 0 Å². The number of thiocarbonyl (C=S) groups is 1. The third-order valence-electron chi connectivity index (χ3n) is 1.14. The highest BCUT2D eigenvalue weighted by Gasteiger charge is 2.03. The Balaban J connectivity index is 2.33. The summed E-state index contributed by atoms with van der Waals surface area (Å²) in [5.74, 6) is 0. The molecule has 0 atom stereocenters. The molecule has 0 aromatic carbocycles. The van der Waals surface area contributed by atoms with Crippen LogP contribution in [0.5, 0.6) is 0 Å². The van der Waals surface area contributed by atoms with Gasteiger partial charge in [-0.2, -0.15) is 0 Å². The number of ether oxygens (including phenoxy) is 1. The average Bonchev–Trinajstić information content (AvgIpc) is 2.56. The first kappa shape index (κ1) is 10.4. The van der Waals surface area contributed by atoms with E-state index in [1.54, 1.807) is 6.92 Å². The van der Waals surface area contributed by atoms with Crippen LogP contribution in [0.3, 0.4) is 0 Å². The van der Waals surface area contributed by atoms with Crippen LogP contribution in [-0.2, 0) is 4.74 Å². The van der Waals surface area contributed by atoms with Crippen LogP contribution in [0.15, 0.2) is 12.7 Å². The van der Waals surface area contributed by atoms with Gasteiger partial charge in [0.05, 0.1) is 6.61 Å². The van der Waals surface area contributed by atoms with Gasteiger partial charge in [0.25, 0.3) is 0 Å². The lowest BCUT2D eigenvalue weighted by molar-refractivity contribution is 0.158. The predicted molar refractivity (Wildman–Crippen MR) is 52.1 cm³/mol. The van der Waals surface area contributed by atoms with E-state index in [0.717, 1.165) is 0 Å². The molecule has 7 nitrogen and oxygen atoms in total. The highest BCUT2D eigenvalue weighted by molar-refractivity contribution is 7.80. The Morgan fingerprint density at radius 2 is 2.21 bits per heavy atom. The van der Waals surface area contributed by atoms with Gasteiger partial charge in [-0.25, -0.2) is 9.47 Å². The van der Waals surface area contributed by atoms with Gasteiger partial charge in [-0.3, -0.25) is 10.7 Å². The van der Waals surface area contributed by atoms with Gasteiger partial charge in [-0.15, -0.1) is 10.2 Å². The number of nitrogens with zero attached hydrogens (tertiary/aromatic N) is 3. The molecule has 1 aromatic rings. The summed E-state index contributed by atoms with van der Waals surface area (Å²) in [6.07, 6.45) is 2.20. The number of hydrogen-bond acceptors (Lipinski definition) is 5. The smallest absolute Gasteiger partial charge is 0.413 e. The molecule has 0 aliphatic heterocycles. The number of carbonyl (C=O) groups excluding carboxylic acids is 1. The molecule has 1 rings (SSSR count). The summed E-state index contributed by atoms with van der Waals surface area (Å²) < 4.78 is 6.01. The molecule has 0 fully saturated rings. The Morgan fingerprint density at radius 3 is 2.79 bits per heavy atom. The van der Waals surface area contributed by atoms with Crippen molar-refractivity contribution < 1.29 is 9.53 Å². The topological polar surface area (TPSA) is 81.1 Å². The van der Waals surface area contributed by atoms with E-state index in [1.807, 2.05) is 0 Å². The predicted octanol–water partition coefficient (Wildman–Crippen LogP) is -0.147. The fourth-order valence-corrected chi connectivity index (χ4v) is 0.852. The van der Waals surface area contributed by atoms with E-state index in [2.05, 4.69) is 25.7 Å². The number of aromatic nitrogens is 3. The summed E-state index contributed by atoms with van der Waals surface area (Å²) in [6, 6.07) is 0. The first-order valence-corrected chi connectivity index (χ1v) is 4.22. The molecule has 1 aromatic heterocycles. The Bertz CT molecular complexity index is 312. The van der Waals surface area contributed by atoms with Crippen molar-refractivity contribution in [1.82, 2.24) is 20.2 Å². The third kappa shape index (κ3) is 3.35. The van der Waals surface area contributed by atoms with E-state index in [0.29, 0.717) is 6.61 Å². The van der Waals surface area contributed by atoms with E-state index < -0.39 is 6.09 Å². The zero-order valence-electron chi connectivity index (χ0n) is 7.43. The number of alkyl carbamates (subject to hydrolysis) is 1. The molecule has 76 valence electrons. The summed E-state index contributed by atoms with van der Waals surface area (Å²) in [4.78, 5) is 10.9. The van der Waals surface area contributed by atoms with Gasteiger partial charge in [0.1, 0.15) is 12.7 Å². The van der Waals surface area contributed by atoms with Gasteiger partial charge in [0.2, 0.25) is 0 Å². The SMILES string of the molecule is CCOC(=O)NC(=S)Nn1cnnc1. The highest BCUT2D eigenvalue weighted by atomic mass is 32.1. The molecule has 2 N–H and O–H groups in total. The maximum atomic E-state index is 10.9. The van der Waals surface area contributed by atoms with Gasteiger partial charge in [0, 0.05) is 0 Å². The first-order chi connectivity index (χ1) is 6.72. The van der Waals surface area contributed by atoms with Crippen LogP contribution in [0.25, 0.3) is 0 Å². The minimum atomic E-state index is -0.599. The summed E-state index contributed by atoms with van der Waals surface area (Å²) in [6.45, 7) is 2.00. The van der Waals surface area contributed by atoms with Gasteiger partial charge in [0.15, 0.2) is 5.11 Å². The maximum Gasteiger partial charge on any atom is 0.413 e. The van der Waals surface area contributed by atoms with Crippen LogP contribution in [0.2, 0.25) is 0 Å². The molecule has 0 saturated carbocycles. The molecule has 8 heteroatoms. The molecule has 0 aliphatic carbocycles. The van der Waals surface area contributed by atoms with Crippen LogP contribution >= 0.6 is 12.2 Å². The van der Waals surface area contributed by atoms with E-state index in [9.17, 15) is 4.79 Å². The average molecular weight is 215 g/mol. The molecular formula is C6H9N5O2S. The second kappa shape index (κ2) is 5.12. The summed E-state index contributed by atoms with van der Waals surface area (Å²) in [5, 5.41) is 9.49. The molecule has 0 spiro atoms. The van der Waals surface area contributed by atoms with Crippen molar-refractivity contribution in [2.75, 3.05) is 12.0 Å². The number of amides is 1. The van der Waals surface area contributed by atoms with Crippen LogP contribution in [0, 0.1) is 0 Å². The number of rotatable bonds is 2. The lowest BCUT2D eigenvalue weighted by Gasteiger charge is -2.08. The summed E-state index contributed by atoms with van der Waals surface area (Å²) in [5.41, 5.74) is 2.62. The Labute approximate surface area is 85.4 Å². The van der Waals surface area contributed by atoms with Crippen LogP contribution in [0.1, 0.15) is 6.92 Å². The van der Waals surface area contributed by atoms with Crippen molar-refractivity contribution in [3.63, 3.8) is 0 Å². The molecule has 0 saturated heterocycles. The van der Waals surface area contributed by atoms with E-state index in [4.69, 9.17) is 12.2 Å². The Hall–Kier alpha value is -1.70. The van der Waals surface area contributed by atoms with Crippen molar-refractivity contribution in [2.24, 2.45) is 0 Å². The molecule has 1 amide bonds. The quantitative estimate of drug-likeness (QED) is 0.668. The monoisotopic (exact) mass is 215 g/mol. The normalized spacial score (nSPS) is 9.21. The minimum Gasteiger partial charge on any atom is -0.450 e. The first-order valence-electron chi connectivity index (χ1n) is 3.81. The largest absolute Gasteiger partial charge is 0.450 e. The number of hydrogen-bond donors (Lipinski definition) is 2. The zero-order valence-corrected chi connectivity index (χ0v) is 8.24. The number of carbonyl (C=O) groups is 1. The minimum absolute atomic E-state index is 0.114. The van der Waals surface area contributed by atoms with Crippen LogP contribution < -0.4 is 10.7 Å². The van der Waals surface area contributed by atoms with E-state index in [1.165, 1.54) is 17.3 Å². The molecule has 0 bridgehead atoms. The molecule has 0 unspecified atom stereocenters. The van der Waals surface area contributed by atoms with Gasteiger partial charge < -0.3 is 4.74 Å². The van der Waals surface area contributed by atoms with Gasteiger partial charge in [-0.1, -0.05) is 0 Å². The third-order valence-corrected chi connectivity index (χ3v) is 1.33. The van der Waals surface area contributed by atoms with Crippen molar-refractivity contribution in [3.8, 4) is 0 Å². The van der Waals surface area contributed by atoms with Crippen molar-refractivity contribution in [1.29, 1.82) is 0 Å². The second-order valence-corrected chi connectivity index (χ2v) is 2.56. The molecule has 0 radical (unpaired) electrons. The molecule has 14 heavy (non-hydrogen) atoms. The van der Waals surface area contributed by atoms with Crippen molar-refractivity contribution in [3.05, 3.63) is 12.7 Å². The van der Waals surface area contributed by atoms with Crippen LogP contribution in [0.4, 0.5) is 4.79 Å². The number of nitrogens with one attached hydrogen (secondary N) is 2. The maximum absolute atomic E-state index is 10.9. The standard InChI is InChI=1S/C6H9N5O2S/c1-2-13-6(12)9-5(14)10-11-3-7-8-4-11/h3-4H,2H2,1H3,(H2,9,10,12,14). The van der Waals surface area contributed by atoms with Gasteiger partial charge >= 0.3 is 6.09 Å². The lowest BCUT2D eigenvalue weighted by atomic mass is 10.8. The molecule has 0 aliphatic rings. The van der Waals surface area contributed by atoms with Crippen molar-refractivity contribution in [2.45, 2.75) is 6.92 Å². The van der Waals surface area contributed by atoms with E-state index in [-0.39, 0.29) is 5.11 Å².